The molecule has 4 aromatic rings. The lowest BCUT2D eigenvalue weighted by atomic mass is 10.1. The van der Waals surface area contributed by atoms with Gasteiger partial charge in [0.2, 0.25) is 5.91 Å². The van der Waals surface area contributed by atoms with Crippen molar-refractivity contribution in [3.8, 4) is 11.4 Å². The summed E-state index contributed by atoms with van der Waals surface area (Å²) in [5.41, 5.74) is 1.70. The Morgan fingerprint density at radius 3 is 2.44 bits per heavy atom. The number of nitrogens with zero attached hydrogens (tertiary/aromatic N) is 3. The van der Waals surface area contributed by atoms with Crippen LogP contribution in [0.5, 0.6) is 5.75 Å². The minimum atomic E-state index is -0.665. The van der Waals surface area contributed by atoms with E-state index >= 15 is 0 Å². The number of rotatable bonds is 6. The normalized spacial score (nSPS) is 11.9. The van der Waals surface area contributed by atoms with Crippen LogP contribution < -0.4 is 21.3 Å². The molecule has 0 saturated heterocycles. The number of aryl methyl sites for hydroxylation is 2. The van der Waals surface area contributed by atoms with Gasteiger partial charge in [0.25, 0.3) is 5.56 Å². The van der Waals surface area contributed by atoms with Crippen LogP contribution in [0.25, 0.3) is 16.7 Å². The van der Waals surface area contributed by atoms with Crippen LogP contribution in [0.4, 0.5) is 0 Å². The molecular formula is C26H26N4O4. The highest BCUT2D eigenvalue weighted by Crippen LogP contribution is 2.24. The van der Waals surface area contributed by atoms with Crippen molar-refractivity contribution in [2.24, 2.45) is 0 Å². The molecule has 0 saturated carbocycles. The first kappa shape index (κ1) is 23.0. The van der Waals surface area contributed by atoms with Crippen LogP contribution in [-0.4, -0.2) is 27.1 Å². The van der Waals surface area contributed by atoms with Crippen LogP contribution in [0.15, 0.2) is 70.3 Å². The highest BCUT2D eigenvalue weighted by molar-refractivity contribution is 5.81. The molecule has 1 amide bonds. The van der Waals surface area contributed by atoms with Gasteiger partial charge in [-0.15, -0.1) is 0 Å². The average Bonchev–Trinajstić information content (AvgIpc) is 2.82. The minimum Gasteiger partial charge on any atom is -0.495 e. The van der Waals surface area contributed by atoms with E-state index < -0.39 is 23.7 Å². The van der Waals surface area contributed by atoms with Crippen LogP contribution in [0.1, 0.15) is 29.8 Å². The summed E-state index contributed by atoms with van der Waals surface area (Å²) >= 11 is 0. The van der Waals surface area contributed by atoms with E-state index in [1.165, 1.54) is 11.7 Å². The number of hydrogen-bond donors (Lipinski definition) is 1. The van der Waals surface area contributed by atoms with Gasteiger partial charge in [-0.25, -0.2) is 18.9 Å². The van der Waals surface area contributed by atoms with Crippen LogP contribution >= 0.6 is 0 Å². The number of carbonyl (C=O) groups is 1. The van der Waals surface area contributed by atoms with E-state index in [-0.39, 0.29) is 17.1 Å². The summed E-state index contributed by atoms with van der Waals surface area (Å²) in [7, 11) is 1.50. The molecule has 0 bridgehead atoms. The number of pyridine rings is 1. The molecule has 174 valence electrons. The van der Waals surface area contributed by atoms with E-state index in [0.29, 0.717) is 22.7 Å². The number of hydrogen-bond acceptors (Lipinski definition) is 5. The Kier molecular flexibility index (Phi) is 6.32. The zero-order valence-corrected chi connectivity index (χ0v) is 19.5. The Labute approximate surface area is 196 Å². The Morgan fingerprint density at radius 2 is 1.74 bits per heavy atom. The number of methoxy groups -OCH3 is 1. The second kappa shape index (κ2) is 9.35. The number of para-hydroxylation sites is 2. The van der Waals surface area contributed by atoms with Crippen molar-refractivity contribution in [1.82, 2.24) is 19.4 Å². The summed E-state index contributed by atoms with van der Waals surface area (Å²) in [6, 6.07) is 18.0. The fourth-order valence-electron chi connectivity index (χ4n) is 4.10. The van der Waals surface area contributed by atoms with E-state index in [1.807, 2.05) is 37.3 Å². The molecule has 1 N–H and O–H groups in total. The first-order chi connectivity index (χ1) is 16.3. The molecule has 0 spiro atoms. The third kappa shape index (κ3) is 4.22. The van der Waals surface area contributed by atoms with Crippen LogP contribution in [-0.2, 0) is 11.3 Å². The zero-order valence-electron chi connectivity index (χ0n) is 19.5. The quantitative estimate of drug-likeness (QED) is 0.479. The van der Waals surface area contributed by atoms with E-state index in [1.54, 1.807) is 44.2 Å². The molecule has 34 heavy (non-hydrogen) atoms. The number of ether oxygens (including phenoxy) is 1. The van der Waals surface area contributed by atoms with E-state index in [2.05, 4.69) is 10.3 Å². The van der Waals surface area contributed by atoms with Gasteiger partial charge >= 0.3 is 5.69 Å². The van der Waals surface area contributed by atoms with Gasteiger partial charge in [0, 0.05) is 5.69 Å². The number of fused-ring (bicyclic) bond motifs is 1. The predicted molar refractivity (Wildman–Crippen MR) is 131 cm³/mol. The summed E-state index contributed by atoms with van der Waals surface area (Å²) in [6.45, 7) is 5.01. The second-order valence-corrected chi connectivity index (χ2v) is 8.16. The Balaban J connectivity index is 1.87. The molecule has 2 heterocycles. The van der Waals surface area contributed by atoms with Gasteiger partial charge in [0.15, 0.2) is 5.65 Å². The van der Waals surface area contributed by atoms with Gasteiger partial charge in [0.05, 0.1) is 24.2 Å². The van der Waals surface area contributed by atoms with Gasteiger partial charge < -0.3 is 10.1 Å². The van der Waals surface area contributed by atoms with Crippen molar-refractivity contribution >= 4 is 16.9 Å². The lowest BCUT2D eigenvalue weighted by Gasteiger charge is -2.18. The van der Waals surface area contributed by atoms with Gasteiger partial charge in [0.1, 0.15) is 12.3 Å². The lowest BCUT2D eigenvalue weighted by Crippen LogP contribution is -2.44. The van der Waals surface area contributed by atoms with Crippen molar-refractivity contribution in [2.75, 3.05) is 7.11 Å². The number of carbonyl (C=O) groups excluding carboxylic acids is 1. The van der Waals surface area contributed by atoms with Crippen molar-refractivity contribution in [3.63, 3.8) is 0 Å². The molecule has 1 atom stereocenters. The highest BCUT2D eigenvalue weighted by Gasteiger charge is 2.21. The minimum absolute atomic E-state index is 0.228. The maximum Gasteiger partial charge on any atom is 0.337 e. The number of benzene rings is 2. The lowest BCUT2D eigenvalue weighted by molar-refractivity contribution is -0.122. The second-order valence-electron chi connectivity index (χ2n) is 8.16. The summed E-state index contributed by atoms with van der Waals surface area (Å²) < 4.78 is 7.75. The number of nitrogens with one attached hydrogen (secondary N) is 1. The molecule has 2 aromatic carbocycles. The van der Waals surface area contributed by atoms with Gasteiger partial charge in [-0.1, -0.05) is 42.5 Å². The highest BCUT2D eigenvalue weighted by atomic mass is 16.5. The summed E-state index contributed by atoms with van der Waals surface area (Å²) in [4.78, 5) is 44.4. The summed E-state index contributed by atoms with van der Waals surface area (Å²) in [5.74, 6) is -0.00147. The SMILES string of the molecule is COc1ccccc1-n1c(=O)n(CC(=O)N[C@H](C)c2ccccc2)c(=O)c2c(C)cc(C)nc21. The fraction of sp³-hybridized carbons (Fsp3) is 0.231. The molecular weight excluding hydrogens is 432 g/mol. The Morgan fingerprint density at radius 1 is 1.06 bits per heavy atom. The van der Waals surface area contributed by atoms with E-state index in [0.717, 1.165) is 10.1 Å². The molecule has 0 fully saturated rings. The third-order valence-electron chi connectivity index (χ3n) is 5.72. The Bertz CT molecular complexity index is 1490. The van der Waals surface area contributed by atoms with Crippen molar-refractivity contribution in [3.05, 3.63) is 98.3 Å². The van der Waals surface area contributed by atoms with Crippen LogP contribution in [0.3, 0.4) is 0 Å². The largest absolute Gasteiger partial charge is 0.495 e. The van der Waals surface area contributed by atoms with Crippen molar-refractivity contribution < 1.29 is 9.53 Å². The maximum absolute atomic E-state index is 13.6. The van der Waals surface area contributed by atoms with Crippen molar-refractivity contribution in [2.45, 2.75) is 33.4 Å². The molecule has 2 aromatic heterocycles. The molecule has 0 radical (unpaired) electrons. The first-order valence-corrected chi connectivity index (χ1v) is 10.9. The molecule has 0 aliphatic heterocycles. The monoisotopic (exact) mass is 458 g/mol. The number of aromatic nitrogens is 3. The third-order valence-corrected chi connectivity index (χ3v) is 5.72. The molecule has 8 heteroatoms. The Hall–Kier alpha value is -4.20. The molecule has 4 rings (SSSR count). The number of amides is 1. The zero-order chi connectivity index (χ0) is 24.4. The predicted octanol–water partition coefficient (Wildman–Crippen LogP) is 3.05. The van der Waals surface area contributed by atoms with Crippen molar-refractivity contribution in [1.29, 1.82) is 0 Å². The van der Waals surface area contributed by atoms with Gasteiger partial charge in [-0.05, 0) is 50.1 Å². The van der Waals surface area contributed by atoms with Crippen LogP contribution in [0.2, 0.25) is 0 Å². The fourth-order valence-corrected chi connectivity index (χ4v) is 4.10. The van der Waals surface area contributed by atoms with Crippen LogP contribution in [0, 0.1) is 13.8 Å². The maximum atomic E-state index is 13.6. The van der Waals surface area contributed by atoms with Gasteiger partial charge in [-0.3, -0.25) is 9.59 Å². The topological polar surface area (TPSA) is 95.2 Å². The molecule has 0 aliphatic rings. The molecule has 0 unspecified atom stereocenters. The first-order valence-electron chi connectivity index (χ1n) is 10.9. The smallest absolute Gasteiger partial charge is 0.337 e. The standard InChI is InChI=1S/C26H26N4O4/c1-16-14-17(2)27-24-23(16)25(32)29(15-22(31)28-18(3)19-10-6-5-7-11-19)26(33)30(24)20-12-8-9-13-21(20)34-4/h5-14,18H,15H2,1-4H3,(H,28,31)/t18-/m1/s1. The van der Waals surface area contributed by atoms with E-state index in [4.69, 9.17) is 4.74 Å². The summed E-state index contributed by atoms with van der Waals surface area (Å²) in [6.07, 6.45) is 0. The molecule has 0 aliphatic carbocycles. The summed E-state index contributed by atoms with van der Waals surface area (Å²) in [5, 5.41) is 3.14. The van der Waals surface area contributed by atoms with Gasteiger partial charge in [-0.2, -0.15) is 0 Å². The molecule has 8 nitrogen and oxygen atoms in total. The average molecular weight is 459 g/mol. The van der Waals surface area contributed by atoms with E-state index in [9.17, 15) is 14.4 Å².